The molecule has 0 aliphatic carbocycles. The summed E-state index contributed by atoms with van der Waals surface area (Å²) in [5.41, 5.74) is 0. The molecule has 0 radical (unpaired) electrons. The molecule has 4 heteroatoms. The summed E-state index contributed by atoms with van der Waals surface area (Å²) in [7, 11) is 0. The van der Waals surface area contributed by atoms with Crippen LogP contribution in [-0.2, 0) is 0 Å². The highest BCUT2D eigenvalue weighted by molar-refractivity contribution is 5.16. The molecule has 2 aromatic rings. The fourth-order valence-electron chi connectivity index (χ4n) is 0.438. The van der Waals surface area contributed by atoms with Gasteiger partial charge in [0.05, 0.1) is 12.4 Å². The number of nitrogens with zero attached hydrogens (tertiary/aromatic N) is 2. The Bertz CT molecular complexity index is 228. The van der Waals surface area contributed by atoms with E-state index in [0.717, 1.165) is 0 Å². The minimum absolute atomic E-state index is 0.514. The third kappa shape index (κ3) is 0.199. The highest BCUT2D eigenvalue weighted by Gasteiger charge is 1.98. The van der Waals surface area contributed by atoms with Gasteiger partial charge < -0.3 is 0 Å². The van der Waals surface area contributed by atoms with E-state index in [4.69, 9.17) is 0 Å². The van der Waals surface area contributed by atoms with Crippen LogP contribution in [0.5, 0.6) is 0 Å². The molecule has 0 aromatic carbocycles. The Morgan fingerprint density at radius 2 is 2.71 bits per heavy atom. The van der Waals surface area contributed by atoms with Gasteiger partial charge in [0.1, 0.15) is 0 Å². The highest BCUT2D eigenvalue weighted by atomic mass is 17.1. The van der Waals surface area contributed by atoms with Crippen LogP contribution in [-0.4, -0.2) is 9.56 Å². The zero-order valence-electron chi connectivity index (χ0n) is 3.37. The Morgan fingerprint density at radius 1 is 1.71 bits per heavy atom. The van der Waals surface area contributed by atoms with Crippen molar-refractivity contribution in [2.24, 2.45) is 0 Å². The van der Waals surface area contributed by atoms with Crippen LogP contribution in [0.25, 0.3) is 5.84 Å². The first-order chi connectivity index (χ1) is 3.47. The zero-order chi connectivity index (χ0) is 4.69. The number of hydrogen-bond donors (Lipinski definition) is 0. The number of fused-ring (bicyclic) bond motifs is 1. The van der Waals surface area contributed by atoms with Gasteiger partial charge in [-0.1, -0.05) is 4.57 Å². The molecule has 0 amide bonds. The lowest BCUT2D eigenvalue weighted by Crippen LogP contribution is -1.82. The third-order valence-corrected chi connectivity index (χ3v) is 0.768. The molecule has 2 rings (SSSR count). The molecule has 0 N–H and O–H groups in total. The molecule has 0 aliphatic rings. The molecule has 0 spiro atoms. The normalized spacial score (nSPS) is 10.9. The lowest BCUT2D eigenvalue weighted by molar-refractivity contribution is -0.0704. The summed E-state index contributed by atoms with van der Waals surface area (Å²) in [4.78, 5) is 3.72. The number of imidazole rings is 1. The van der Waals surface area contributed by atoms with Crippen molar-refractivity contribution in [3.63, 3.8) is 0 Å². The monoisotopic (exact) mass is 98.0 g/mol. The molecule has 0 bridgehead atoms. The van der Waals surface area contributed by atoms with Crippen molar-refractivity contribution in [3.8, 4) is 0 Å². The van der Waals surface area contributed by atoms with Crippen molar-refractivity contribution in [1.82, 2.24) is 9.56 Å². The van der Waals surface area contributed by atoms with E-state index in [2.05, 4.69) is 14.2 Å². The van der Waals surface area contributed by atoms with Gasteiger partial charge in [0.2, 0.25) is 0 Å². The standard InChI is InChI=1S/C3H2N2O2/c1-2-5-3(4-1)6-7-5/h1-2H. The van der Waals surface area contributed by atoms with Gasteiger partial charge in [0.15, 0.2) is 0 Å². The van der Waals surface area contributed by atoms with E-state index in [-0.39, 0.29) is 0 Å². The zero-order valence-corrected chi connectivity index (χ0v) is 3.37. The van der Waals surface area contributed by atoms with E-state index in [1.54, 1.807) is 12.4 Å². The molecule has 0 unspecified atom stereocenters. The van der Waals surface area contributed by atoms with Gasteiger partial charge in [-0.3, -0.25) is 0 Å². The van der Waals surface area contributed by atoms with Crippen molar-refractivity contribution < 1.29 is 9.26 Å². The van der Waals surface area contributed by atoms with Gasteiger partial charge in [-0.25, -0.2) is 4.58 Å². The maximum atomic E-state index is 4.37. The highest BCUT2D eigenvalue weighted by Crippen LogP contribution is 1.99. The first-order valence-electron chi connectivity index (χ1n) is 1.85. The molecule has 2 heterocycles. The molecule has 7 heavy (non-hydrogen) atoms. The van der Waals surface area contributed by atoms with Crippen molar-refractivity contribution in [2.45, 2.75) is 0 Å². The summed E-state index contributed by atoms with van der Waals surface area (Å²) in [5, 5.41) is 0. The summed E-state index contributed by atoms with van der Waals surface area (Å²) in [6.45, 7) is 0. The Morgan fingerprint density at radius 3 is 3.00 bits per heavy atom. The maximum Gasteiger partial charge on any atom is 0.386 e. The Balaban J connectivity index is 3.05. The topological polar surface area (TPSA) is 43.6 Å². The lowest BCUT2D eigenvalue weighted by Gasteiger charge is -1.85. The van der Waals surface area contributed by atoms with Crippen molar-refractivity contribution in [3.05, 3.63) is 12.4 Å². The van der Waals surface area contributed by atoms with Crippen molar-refractivity contribution in [2.75, 3.05) is 0 Å². The summed E-state index contributed by atoms with van der Waals surface area (Å²) in [6, 6.07) is 0. The maximum absolute atomic E-state index is 4.37. The molecule has 0 atom stereocenters. The molecule has 36 valence electrons. The minimum atomic E-state index is 0.514. The molecule has 0 saturated carbocycles. The van der Waals surface area contributed by atoms with Crippen LogP contribution in [0.2, 0.25) is 0 Å². The van der Waals surface area contributed by atoms with Crippen LogP contribution in [0.4, 0.5) is 0 Å². The van der Waals surface area contributed by atoms with E-state index in [1.165, 1.54) is 4.57 Å². The van der Waals surface area contributed by atoms with Crippen LogP contribution in [0.1, 0.15) is 0 Å². The smallest absolute Gasteiger partial charge is 0.224 e. The molecular weight excluding hydrogens is 96.0 g/mol. The lowest BCUT2D eigenvalue weighted by atomic mass is 11.0. The fraction of sp³-hybridized carbons (Fsp3) is 0. The summed E-state index contributed by atoms with van der Waals surface area (Å²) in [5.74, 6) is 0.514. The number of aromatic nitrogens is 2. The van der Waals surface area contributed by atoms with Gasteiger partial charge in [-0.15, -0.1) is 0 Å². The molecule has 0 saturated heterocycles. The van der Waals surface area contributed by atoms with Crippen LogP contribution < -0.4 is 0 Å². The summed E-state index contributed by atoms with van der Waals surface area (Å²) < 4.78 is 10.2. The van der Waals surface area contributed by atoms with Gasteiger partial charge in [-0.05, 0) is 0 Å². The Kier molecular flexibility index (Phi) is 0.300. The van der Waals surface area contributed by atoms with Crippen molar-refractivity contribution in [1.29, 1.82) is 0 Å². The first-order valence-corrected chi connectivity index (χ1v) is 1.85. The largest absolute Gasteiger partial charge is 0.386 e. The van der Waals surface area contributed by atoms with E-state index >= 15 is 0 Å². The molecule has 0 aliphatic heterocycles. The van der Waals surface area contributed by atoms with Crippen LogP contribution in [0.3, 0.4) is 0 Å². The number of hydrogen-bond acceptors (Lipinski definition) is 3. The van der Waals surface area contributed by atoms with Crippen LogP contribution >= 0.6 is 0 Å². The summed E-state index contributed by atoms with van der Waals surface area (Å²) in [6.07, 6.45) is 3.27. The first kappa shape index (κ1) is 2.90. The molecule has 4 nitrogen and oxygen atoms in total. The van der Waals surface area contributed by atoms with Gasteiger partial charge in [0.25, 0.3) is 0 Å². The van der Waals surface area contributed by atoms with Gasteiger partial charge >= 0.3 is 5.84 Å². The Labute approximate surface area is 38.2 Å². The average molecular weight is 98.1 g/mol. The molecular formula is C3H2N2O2. The van der Waals surface area contributed by atoms with E-state index < -0.39 is 0 Å². The Hall–Kier alpha value is -1.19. The van der Waals surface area contributed by atoms with E-state index in [0.29, 0.717) is 5.84 Å². The van der Waals surface area contributed by atoms with E-state index in [1.807, 2.05) is 0 Å². The fourth-order valence-corrected chi connectivity index (χ4v) is 0.438. The summed E-state index contributed by atoms with van der Waals surface area (Å²) >= 11 is 0. The van der Waals surface area contributed by atoms with Crippen molar-refractivity contribution >= 4 is 5.84 Å². The quantitative estimate of drug-likeness (QED) is 0.451. The molecule has 0 fully saturated rings. The van der Waals surface area contributed by atoms with Gasteiger partial charge in [-0.2, -0.15) is 9.67 Å². The third-order valence-electron chi connectivity index (χ3n) is 0.768. The predicted octanol–water partition coefficient (Wildman–Crippen LogP) is 0.520. The predicted molar refractivity (Wildman–Crippen MR) is 19.7 cm³/mol. The van der Waals surface area contributed by atoms with Gasteiger partial charge in [0, 0.05) is 0 Å². The second-order valence-electron chi connectivity index (χ2n) is 1.19. The second-order valence-corrected chi connectivity index (χ2v) is 1.19. The van der Waals surface area contributed by atoms with Crippen LogP contribution in [0.15, 0.2) is 21.7 Å². The second kappa shape index (κ2) is 0.726. The average Bonchev–Trinajstić information content (AvgIpc) is 1.85. The minimum Gasteiger partial charge on any atom is -0.224 e. The van der Waals surface area contributed by atoms with Crippen LogP contribution in [0, 0.1) is 0 Å². The number of rotatable bonds is 0. The SMILES string of the molecule is c1cn2ooc2n1. The molecule has 2 aromatic heterocycles. The van der Waals surface area contributed by atoms with E-state index in [9.17, 15) is 0 Å².